The second-order valence-corrected chi connectivity index (χ2v) is 22.3. The van der Waals surface area contributed by atoms with Crippen LogP contribution in [0.3, 0.4) is 0 Å². The van der Waals surface area contributed by atoms with Crippen LogP contribution in [0.1, 0.15) is 104 Å². The van der Waals surface area contributed by atoms with Gasteiger partial charge in [0.15, 0.2) is 0 Å². The first-order valence-electron chi connectivity index (χ1n) is 28.4. The predicted octanol–water partition coefficient (Wildman–Crippen LogP) is 4.95. The van der Waals surface area contributed by atoms with Gasteiger partial charge in [-0.2, -0.15) is 0 Å². The first-order chi connectivity index (χ1) is 37.9. The Morgan fingerprint density at radius 1 is 0.810 bits per heavy atom. The number of fused-ring (bicyclic) bond motifs is 2. The van der Waals surface area contributed by atoms with Crippen molar-refractivity contribution in [3.8, 4) is 0 Å². The monoisotopic (exact) mass is 1100 g/mol. The van der Waals surface area contributed by atoms with Gasteiger partial charge in [-0.25, -0.2) is 0 Å². The Morgan fingerprint density at radius 2 is 1.49 bits per heavy atom. The summed E-state index contributed by atoms with van der Waals surface area (Å²) in [7, 11) is 6.87. The van der Waals surface area contributed by atoms with E-state index in [2.05, 4.69) is 20.9 Å². The van der Waals surface area contributed by atoms with Gasteiger partial charge in [0.1, 0.15) is 11.8 Å². The highest BCUT2D eigenvalue weighted by Gasteiger charge is 2.49. The molecule has 0 unspecified atom stereocenters. The van der Waals surface area contributed by atoms with Crippen LogP contribution in [0.15, 0.2) is 66.7 Å². The van der Waals surface area contributed by atoms with Crippen LogP contribution in [0.5, 0.6) is 0 Å². The van der Waals surface area contributed by atoms with Crippen molar-refractivity contribution in [3.05, 3.63) is 77.9 Å². The summed E-state index contributed by atoms with van der Waals surface area (Å²) in [5, 5.41) is 9.01. The van der Waals surface area contributed by atoms with Crippen LogP contribution in [0.4, 0.5) is 5.69 Å². The first kappa shape index (κ1) is 62.3. The standard InChI is InChI=1S/C60H87N7O12/c1-10-39(4)55(65(7)60(75)54(38(2)3)63-59(74)56-43-20-23-46(34-43)64(56)6)49(76-8)36-53(72)66-27-14-17-47(66)57(77-9)40(5)48(68)35-44(33-41-15-12-11-13-16-41)58(73)62-45-21-18-42(19-22-45)37-61-50(69)26-29-78-31-32-79-30-28-67-51(70)24-25-52(67)71/h11-13,15-16,18-19,21-22,24-25,38-40,43-44,46-47,49,54-57H,10,14,17,20,23,26-37H2,1-9H3,(H,61,69)(H,62,73)(H,63,74)/t39-,40-,43-,44+,46-,47-,49+,54-,55-,56-,57+/m0/s1. The lowest BCUT2D eigenvalue weighted by Gasteiger charge is -2.41. The number of methoxy groups -OCH3 is 2. The Hall–Kier alpha value is -5.86. The van der Waals surface area contributed by atoms with E-state index in [1.165, 1.54) is 12.2 Å². The summed E-state index contributed by atoms with van der Waals surface area (Å²) in [5.74, 6) is -3.25. The van der Waals surface area contributed by atoms with Crippen LogP contribution < -0.4 is 16.0 Å². The van der Waals surface area contributed by atoms with Gasteiger partial charge in [0, 0.05) is 82.9 Å². The normalized spacial score (nSPS) is 21.6. The van der Waals surface area contributed by atoms with Crippen molar-refractivity contribution in [3.63, 3.8) is 0 Å². The summed E-state index contributed by atoms with van der Waals surface area (Å²) in [6.07, 6.45) is 6.67. The highest BCUT2D eigenvalue weighted by atomic mass is 16.5. The van der Waals surface area contributed by atoms with E-state index in [9.17, 15) is 38.4 Å². The fourth-order valence-electron chi connectivity index (χ4n) is 12.0. The molecule has 1 saturated carbocycles. The number of imide groups is 1. The third-order valence-corrected chi connectivity index (χ3v) is 16.8. The van der Waals surface area contributed by atoms with Crippen LogP contribution in [0, 0.1) is 29.6 Å². The molecule has 2 bridgehead atoms. The van der Waals surface area contributed by atoms with Gasteiger partial charge in [0.25, 0.3) is 11.8 Å². The number of rotatable bonds is 32. The van der Waals surface area contributed by atoms with Gasteiger partial charge in [-0.3, -0.25) is 48.2 Å². The van der Waals surface area contributed by atoms with Gasteiger partial charge in [-0.05, 0) is 86.6 Å². The maximum absolute atomic E-state index is 14.6. The van der Waals surface area contributed by atoms with E-state index in [1.807, 2.05) is 65.1 Å². The number of ketones is 1. The molecule has 4 aliphatic rings. The minimum Gasteiger partial charge on any atom is -0.379 e. The van der Waals surface area contributed by atoms with Crippen molar-refractivity contribution in [2.24, 2.45) is 29.6 Å². The molecule has 434 valence electrons. The lowest BCUT2D eigenvalue weighted by Crippen LogP contribution is -2.60. The number of carbonyl (C=O) groups is 8. The number of benzene rings is 2. The molecule has 3 N–H and O–H groups in total. The molecule has 1 aliphatic carbocycles. The number of ether oxygens (including phenoxy) is 4. The molecule has 2 aromatic carbocycles. The second kappa shape index (κ2) is 30.1. The van der Waals surface area contributed by atoms with Crippen molar-refractivity contribution in [2.45, 2.75) is 148 Å². The summed E-state index contributed by atoms with van der Waals surface area (Å²) < 4.78 is 23.2. The van der Waals surface area contributed by atoms with E-state index in [1.54, 1.807) is 62.3 Å². The van der Waals surface area contributed by atoms with Gasteiger partial charge < -0.3 is 44.7 Å². The third-order valence-electron chi connectivity index (χ3n) is 16.8. The molecule has 3 fully saturated rings. The van der Waals surface area contributed by atoms with E-state index in [4.69, 9.17) is 18.9 Å². The van der Waals surface area contributed by atoms with Gasteiger partial charge in [0.2, 0.25) is 29.5 Å². The number of nitrogens with zero attached hydrogens (tertiary/aromatic N) is 4. The zero-order chi connectivity index (χ0) is 57.3. The number of carbonyl (C=O) groups excluding carboxylic acids is 8. The summed E-state index contributed by atoms with van der Waals surface area (Å²) >= 11 is 0. The van der Waals surface area contributed by atoms with Gasteiger partial charge in [-0.15, -0.1) is 0 Å². The highest BCUT2D eigenvalue weighted by Crippen LogP contribution is 2.41. The van der Waals surface area contributed by atoms with Crippen molar-refractivity contribution >= 4 is 52.8 Å². The summed E-state index contributed by atoms with van der Waals surface area (Å²) in [5.41, 5.74) is 2.24. The average molecular weight is 1100 g/mol. The smallest absolute Gasteiger partial charge is 0.253 e. The summed E-state index contributed by atoms with van der Waals surface area (Å²) in [6, 6.07) is 15.1. The predicted molar refractivity (Wildman–Crippen MR) is 298 cm³/mol. The second-order valence-electron chi connectivity index (χ2n) is 22.3. The number of amides is 7. The molecule has 19 nitrogen and oxygen atoms in total. The Balaban J connectivity index is 1.01. The number of likely N-dealkylation sites (N-methyl/N-ethyl adjacent to an activating group) is 2. The molecule has 0 aromatic heterocycles. The van der Waals surface area contributed by atoms with Gasteiger partial charge in [0.05, 0.1) is 69.7 Å². The molecular weight excluding hydrogens is 1010 g/mol. The fourth-order valence-corrected chi connectivity index (χ4v) is 12.0. The number of hydrogen-bond donors (Lipinski definition) is 3. The number of likely N-dealkylation sites (tertiary alicyclic amines) is 2. The molecule has 0 radical (unpaired) electrons. The maximum atomic E-state index is 14.6. The fraction of sp³-hybridized carbons (Fsp3) is 0.633. The van der Waals surface area contributed by atoms with E-state index in [0.29, 0.717) is 37.5 Å². The highest BCUT2D eigenvalue weighted by molar-refractivity contribution is 6.12. The Bertz CT molecular complexity index is 2400. The number of nitrogens with one attached hydrogen (secondary N) is 3. The maximum Gasteiger partial charge on any atom is 0.253 e. The van der Waals surface area contributed by atoms with E-state index < -0.39 is 42.2 Å². The molecule has 3 heterocycles. The van der Waals surface area contributed by atoms with Crippen LogP contribution in [-0.4, -0.2) is 177 Å². The van der Waals surface area contributed by atoms with Crippen molar-refractivity contribution < 1.29 is 57.3 Å². The molecule has 19 heteroatoms. The van der Waals surface area contributed by atoms with Crippen molar-refractivity contribution in [1.29, 1.82) is 0 Å². The summed E-state index contributed by atoms with van der Waals surface area (Å²) in [6.45, 7) is 11.5. The minimum atomic E-state index is -0.758. The molecular formula is C60H87N7O12. The molecule has 11 atom stereocenters. The first-order valence-corrected chi connectivity index (χ1v) is 28.4. The summed E-state index contributed by atoms with van der Waals surface area (Å²) in [4.78, 5) is 114. The van der Waals surface area contributed by atoms with Crippen molar-refractivity contribution in [2.75, 3.05) is 73.1 Å². The molecule has 0 spiro atoms. The van der Waals surface area contributed by atoms with Gasteiger partial charge in [-0.1, -0.05) is 83.5 Å². The number of hydrogen-bond acceptors (Lipinski definition) is 13. The Kier molecular flexibility index (Phi) is 23.7. The number of anilines is 1. The molecule has 2 aromatic rings. The Labute approximate surface area is 467 Å². The average Bonchev–Trinajstić information content (AvgIpc) is 4.32. The molecule has 3 aliphatic heterocycles. The van der Waals surface area contributed by atoms with Crippen LogP contribution in [0.25, 0.3) is 0 Å². The van der Waals surface area contributed by atoms with Crippen LogP contribution in [-0.2, 0) is 70.3 Å². The van der Waals surface area contributed by atoms with E-state index >= 15 is 0 Å². The van der Waals surface area contributed by atoms with E-state index in [0.717, 1.165) is 41.7 Å². The van der Waals surface area contributed by atoms with E-state index in [-0.39, 0.29) is 130 Å². The molecule has 7 amide bonds. The number of piperidine rings is 1. The third kappa shape index (κ3) is 16.6. The zero-order valence-electron chi connectivity index (χ0n) is 48.0. The largest absolute Gasteiger partial charge is 0.379 e. The molecule has 6 rings (SSSR count). The van der Waals surface area contributed by atoms with Crippen molar-refractivity contribution in [1.82, 2.24) is 30.2 Å². The molecule has 79 heavy (non-hydrogen) atoms. The number of Topliss-reactive ketones (excluding diaryl/α,β-unsaturated/α-hetero) is 1. The molecule has 2 saturated heterocycles. The lowest BCUT2D eigenvalue weighted by molar-refractivity contribution is -0.148. The Morgan fingerprint density at radius 3 is 2.11 bits per heavy atom. The van der Waals surface area contributed by atoms with Crippen LogP contribution >= 0.6 is 0 Å². The minimum absolute atomic E-state index is 0.00755. The zero-order valence-corrected chi connectivity index (χ0v) is 48.0. The SMILES string of the molecule is CC[C@H](C)[C@@H]([C@@H](CC(=O)N1CCC[C@H]1[C@H](OC)[C@@H](C)C(=O)C[C@@H](Cc1ccccc1)C(=O)Nc1ccc(CNC(=O)CCOCCOCCN2C(=O)C=CC2=O)cc1)OC)N(C)C(=O)[C@@H](NC(=O)[C@@H]1[C@H]2CC[C@@H](C2)N1C)C(C)C. The lowest BCUT2D eigenvalue weighted by atomic mass is 9.85. The topological polar surface area (TPSA) is 223 Å². The quantitative estimate of drug-likeness (QED) is 0.0653. The van der Waals surface area contributed by atoms with Crippen LogP contribution in [0.2, 0.25) is 0 Å². The van der Waals surface area contributed by atoms with Gasteiger partial charge >= 0.3 is 0 Å².